The predicted octanol–water partition coefficient (Wildman–Crippen LogP) is 13.1. The van der Waals surface area contributed by atoms with E-state index < -0.39 is 0 Å². The van der Waals surface area contributed by atoms with E-state index in [9.17, 15) is 8.78 Å². The highest BCUT2D eigenvalue weighted by Gasteiger charge is 2.25. The van der Waals surface area contributed by atoms with E-state index in [-0.39, 0.29) is 11.6 Å². The van der Waals surface area contributed by atoms with Crippen LogP contribution in [0.1, 0.15) is 136 Å². The van der Waals surface area contributed by atoms with E-state index in [2.05, 4.69) is 50.2 Å². The molecule has 0 unspecified atom stereocenters. The molecule has 2 saturated carbocycles. The lowest BCUT2D eigenvalue weighted by Gasteiger charge is -2.29. The molecule has 47 heavy (non-hydrogen) atoms. The molecule has 2 aliphatic carbocycles. The van der Waals surface area contributed by atoms with Crippen LogP contribution >= 0.6 is 0 Å². The molecule has 6 rings (SSSR count). The maximum Gasteiger partial charge on any atom is 0.130 e. The number of benzene rings is 4. The average molecular weight is 635 g/mol. The maximum atomic E-state index is 14.3. The van der Waals surface area contributed by atoms with Crippen molar-refractivity contribution in [2.45, 2.75) is 116 Å². The van der Waals surface area contributed by atoms with E-state index in [0.29, 0.717) is 24.7 Å². The smallest absolute Gasteiger partial charge is 0.130 e. The zero-order chi connectivity index (χ0) is 32.6. The average Bonchev–Trinajstić information content (AvgIpc) is 3.07. The van der Waals surface area contributed by atoms with E-state index >= 15 is 0 Å². The van der Waals surface area contributed by atoms with Crippen molar-refractivity contribution in [3.05, 3.63) is 130 Å². The first-order valence-corrected chi connectivity index (χ1v) is 18.4. The zero-order valence-corrected chi connectivity index (χ0v) is 28.5. The van der Waals surface area contributed by atoms with E-state index in [1.807, 2.05) is 12.1 Å². The lowest BCUT2D eigenvalue weighted by molar-refractivity contribution is 0.308. The lowest BCUT2D eigenvalue weighted by Crippen LogP contribution is -2.13. The molecule has 0 spiro atoms. The van der Waals surface area contributed by atoms with Crippen molar-refractivity contribution in [1.29, 1.82) is 0 Å². The number of rotatable bonds is 12. The van der Waals surface area contributed by atoms with Crippen molar-refractivity contribution < 1.29 is 13.5 Å². The van der Waals surface area contributed by atoms with Gasteiger partial charge >= 0.3 is 0 Å². The Balaban J connectivity index is 1.30. The number of hydrogen-bond donors (Lipinski definition) is 0. The first-order valence-electron chi connectivity index (χ1n) is 18.4. The molecule has 0 bridgehead atoms. The third-order valence-corrected chi connectivity index (χ3v) is 11.0. The second kappa shape index (κ2) is 16.1. The van der Waals surface area contributed by atoms with Gasteiger partial charge in [-0.2, -0.15) is 0 Å². The summed E-state index contributed by atoms with van der Waals surface area (Å²) in [6, 6.07) is 27.3. The fourth-order valence-corrected chi connectivity index (χ4v) is 8.42. The molecule has 2 fully saturated rings. The van der Waals surface area contributed by atoms with Crippen molar-refractivity contribution in [2.75, 3.05) is 0 Å². The quantitative estimate of drug-likeness (QED) is 0.151. The molecule has 0 aliphatic heterocycles. The minimum atomic E-state index is -0.216. The molecule has 0 radical (unpaired) electrons. The second-order valence-corrected chi connectivity index (χ2v) is 14.5. The Labute approximate surface area is 281 Å². The lowest BCUT2D eigenvalue weighted by atomic mass is 9.77. The molecule has 4 aromatic rings. The van der Waals surface area contributed by atoms with Crippen molar-refractivity contribution in [3.8, 4) is 11.5 Å². The molecule has 0 amide bonds. The molecular formula is C44H52F2O. The first kappa shape index (κ1) is 33.4. The Morgan fingerprint density at radius 1 is 0.532 bits per heavy atom. The van der Waals surface area contributed by atoms with Crippen molar-refractivity contribution in [2.24, 2.45) is 11.8 Å². The van der Waals surface area contributed by atoms with Crippen LogP contribution in [0.25, 0.3) is 0 Å². The van der Waals surface area contributed by atoms with Gasteiger partial charge in [-0.1, -0.05) is 88.1 Å². The summed E-state index contributed by atoms with van der Waals surface area (Å²) in [7, 11) is 0. The summed E-state index contributed by atoms with van der Waals surface area (Å²) in [5, 5.41) is 0. The second-order valence-electron chi connectivity index (χ2n) is 14.5. The highest BCUT2D eigenvalue weighted by atomic mass is 19.1. The van der Waals surface area contributed by atoms with E-state index in [1.54, 1.807) is 24.3 Å². The molecule has 0 saturated heterocycles. The summed E-state index contributed by atoms with van der Waals surface area (Å²) in [5.41, 5.74) is 6.78. The number of hydrogen-bond acceptors (Lipinski definition) is 1. The van der Waals surface area contributed by atoms with Crippen LogP contribution in [0, 0.1) is 23.5 Å². The molecule has 0 N–H and O–H groups in total. The summed E-state index contributed by atoms with van der Waals surface area (Å²) in [4.78, 5) is 0. The van der Waals surface area contributed by atoms with Crippen LogP contribution in [-0.2, 0) is 12.8 Å². The normalized spacial score (nSPS) is 21.4. The minimum absolute atomic E-state index is 0.216. The van der Waals surface area contributed by atoms with Crippen LogP contribution in [0.4, 0.5) is 8.78 Å². The topological polar surface area (TPSA) is 9.23 Å². The molecule has 0 heterocycles. The van der Waals surface area contributed by atoms with Gasteiger partial charge in [0.15, 0.2) is 0 Å². The predicted molar refractivity (Wildman–Crippen MR) is 191 cm³/mol. The Morgan fingerprint density at radius 2 is 0.957 bits per heavy atom. The Morgan fingerprint density at radius 3 is 1.34 bits per heavy atom. The van der Waals surface area contributed by atoms with Crippen LogP contribution in [0.5, 0.6) is 11.5 Å². The van der Waals surface area contributed by atoms with E-state index in [4.69, 9.17) is 4.74 Å². The Bertz CT molecular complexity index is 1470. The van der Waals surface area contributed by atoms with Crippen LogP contribution in [0.15, 0.2) is 84.9 Å². The van der Waals surface area contributed by atoms with Crippen molar-refractivity contribution in [3.63, 3.8) is 0 Å². The number of ether oxygens (including phenoxy) is 1. The first-order chi connectivity index (χ1) is 23.0. The molecule has 1 nitrogen and oxygen atoms in total. The standard InChI is InChI=1S/C44H52F2O/c1-3-7-31-13-17-35(18-14-31)37-21-23-43(39(29-37)25-33-9-5-11-41(45)27-33)47-44-24-22-38(36-19-15-32(8-4-2)16-20-36)30-40(44)26-34-10-6-12-42(46)28-34/h5-6,9-12,21-24,27-32,35-36H,3-4,7-8,13-20,25-26H2,1-2H3. The third kappa shape index (κ3) is 8.92. The molecular weight excluding hydrogens is 582 g/mol. The Kier molecular flexibility index (Phi) is 11.4. The van der Waals surface area contributed by atoms with Gasteiger partial charge in [-0.05, 0) is 145 Å². The van der Waals surface area contributed by atoms with Crippen LogP contribution in [0.3, 0.4) is 0 Å². The van der Waals surface area contributed by atoms with Crippen molar-refractivity contribution in [1.82, 2.24) is 0 Å². The van der Waals surface area contributed by atoms with Gasteiger partial charge in [0.25, 0.3) is 0 Å². The fourth-order valence-electron chi connectivity index (χ4n) is 8.42. The molecule has 248 valence electrons. The highest BCUT2D eigenvalue weighted by molar-refractivity contribution is 5.48. The number of halogens is 2. The molecule has 2 aliphatic rings. The van der Waals surface area contributed by atoms with Gasteiger partial charge in [-0.3, -0.25) is 0 Å². The van der Waals surface area contributed by atoms with Gasteiger partial charge < -0.3 is 4.74 Å². The van der Waals surface area contributed by atoms with Crippen molar-refractivity contribution >= 4 is 0 Å². The molecule has 4 aromatic carbocycles. The highest BCUT2D eigenvalue weighted by Crippen LogP contribution is 2.42. The summed E-state index contributed by atoms with van der Waals surface area (Å²) in [5.74, 6) is 4.02. The fraction of sp³-hybridized carbons (Fsp3) is 0.455. The third-order valence-electron chi connectivity index (χ3n) is 11.0. The summed E-state index contributed by atoms with van der Waals surface area (Å²) < 4.78 is 35.4. The van der Waals surface area contributed by atoms with Crippen LogP contribution in [-0.4, -0.2) is 0 Å². The van der Waals surface area contributed by atoms with Gasteiger partial charge in [0, 0.05) is 12.8 Å². The van der Waals surface area contributed by atoms with Crippen LogP contribution in [0.2, 0.25) is 0 Å². The van der Waals surface area contributed by atoms with Gasteiger partial charge in [0.05, 0.1) is 0 Å². The monoisotopic (exact) mass is 634 g/mol. The summed E-state index contributed by atoms with van der Waals surface area (Å²) in [6.07, 6.45) is 16.5. The van der Waals surface area contributed by atoms with E-state index in [0.717, 1.165) is 45.6 Å². The largest absolute Gasteiger partial charge is 0.457 e. The maximum absolute atomic E-state index is 14.3. The SMILES string of the molecule is CCCC1CCC(c2ccc(Oc3ccc(C4CCC(CCC)CC4)cc3Cc3cccc(F)c3)c(Cc3cccc(F)c3)c2)CC1. The molecule has 0 atom stereocenters. The summed E-state index contributed by atoms with van der Waals surface area (Å²) >= 11 is 0. The van der Waals surface area contributed by atoms with Gasteiger partial charge in [-0.25, -0.2) is 8.78 Å². The van der Waals surface area contributed by atoms with Gasteiger partial charge in [0.2, 0.25) is 0 Å². The minimum Gasteiger partial charge on any atom is -0.457 e. The van der Waals surface area contributed by atoms with E-state index in [1.165, 1.54) is 100 Å². The molecule has 3 heteroatoms. The van der Waals surface area contributed by atoms with Gasteiger partial charge in [0.1, 0.15) is 23.1 Å². The zero-order valence-electron chi connectivity index (χ0n) is 28.5. The van der Waals surface area contributed by atoms with Crippen LogP contribution < -0.4 is 4.74 Å². The molecule has 0 aromatic heterocycles. The summed E-state index contributed by atoms with van der Waals surface area (Å²) in [6.45, 7) is 4.58. The van der Waals surface area contributed by atoms with Gasteiger partial charge in [-0.15, -0.1) is 0 Å². The Hall–Kier alpha value is -3.46.